The van der Waals surface area contributed by atoms with E-state index in [1.54, 1.807) is 0 Å². The standard InChI is InChI=1S/C31H38N2O3.C3H8.C2H2/c1-7-24-19-26(14-18-29(24)30(34)21(2)3)33(6)25-12-15-27(16-13-25)36-20-32-31(35)28-17-11-22(4)9-8-10-23(28)5;1-3-2;1-2/h8,10-19,21-22H,7,9,20H2,1-6H3,(H,32,35);3H2,1-2H3;1-2H/b10-8+,17-11-,28-23+;;. The van der Waals surface area contributed by atoms with Gasteiger partial charge in [0.05, 0.1) is 0 Å². The largest absolute Gasteiger partial charge is 0.473 e. The van der Waals surface area contributed by atoms with Gasteiger partial charge < -0.3 is 15.0 Å². The summed E-state index contributed by atoms with van der Waals surface area (Å²) in [6.45, 7) is 14.4. The molecule has 0 aromatic heterocycles. The van der Waals surface area contributed by atoms with Crippen LogP contribution in [0.2, 0.25) is 0 Å². The van der Waals surface area contributed by atoms with Crippen molar-refractivity contribution in [2.75, 3.05) is 18.7 Å². The molecule has 0 aliphatic heterocycles. The molecule has 0 heterocycles. The van der Waals surface area contributed by atoms with Gasteiger partial charge in [-0.3, -0.25) is 9.59 Å². The van der Waals surface area contributed by atoms with Gasteiger partial charge >= 0.3 is 0 Å². The Morgan fingerprint density at radius 1 is 1.02 bits per heavy atom. The van der Waals surface area contributed by atoms with Crippen LogP contribution in [0.25, 0.3) is 0 Å². The zero-order valence-corrected chi connectivity index (χ0v) is 26.2. The van der Waals surface area contributed by atoms with Crippen LogP contribution in [0.1, 0.15) is 77.2 Å². The molecular formula is C36H48N2O3. The first-order valence-electron chi connectivity index (χ1n) is 14.4. The summed E-state index contributed by atoms with van der Waals surface area (Å²) in [4.78, 5) is 27.3. The van der Waals surface area contributed by atoms with Crippen LogP contribution >= 0.6 is 0 Å². The predicted octanol–water partition coefficient (Wildman–Crippen LogP) is 8.44. The Bertz CT molecular complexity index is 1230. The zero-order chi connectivity index (χ0) is 30.9. The molecule has 3 rings (SSSR count). The molecule has 1 atom stereocenters. The number of nitrogens with one attached hydrogen (secondary N) is 1. The Labute approximate surface area is 248 Å². The van der Waals surface area contributed by atoms with E-state index >= 15 is 0 Å². The molecule has 0 radical (unpaired) electrons. The Morgan fingerprint density at radius 3 is 2.22 bits per heavy atom. The summed E-state index contributed by atoms with van der Waals surface area (Å²) in [7, 11) is 2.00. The molecule has 41 heavy (non-hydrogen) atoms. The van der Waals surface area contributed by atoms with Gasteiger partial charge in [-0.1, -0.05) is 72.3 Å². The number of amides is 1. The summed E-state index contributed by atoms with van der Waals surface area (Å²) in [6.07, 6.45) is 19.1. The number of aryl methyl sites for hydroxylation is 1. The van der Waals surface area contributed by atoms with Crippen molar-refractivity contribution in [3.05, 3.63) is 89.0 Å². The Morgan fingerprint density at radius 2 is 1.63 bits per heavy atom. The number of Topliss-reactive ketones (excluding diaryl/α,β-unsaturated/α-hetero) is 1. The third-order valence-electron chi connectivity index (χ3n) is 6.48. The molecule has 1 aliphatic rings. The van der Waals surface area contributed by atoms with Gasteiger partial charge in [0.15, 0.2) is 12.5 Å². The molecule has 1 unspecified atom stereocenters. The smallest absolute Gasteiger partial charge is 0.254 e. The fourth-order valence-corrected chi connectivity index (χ4v) is 4.10. The van der Waals surface area contributed by atoms with E-state index in [9.17, 15) is 9.59 Å². The highest BCUT2D eigenvalue weighted by Gasteiger charge is 2.16. The maximum Gasteiger partial charge on any atom is 0.254 e. The number of ether oxygens (including phenoxy) is 1. The van der Waals surface area contributed by atoms with Crippen LogP contribution in [-0.4, -0.2) is 25.5 Å². The Hall–Kier alpha value is -4.04. The first-order chi connectivity index (χ1) is 19.6. The van der Waals surface area contributed by atoms with Crippen LogP contribution in [0, 0.1) is 24.7 Å². The first kappa shape index (κ1) is 35.0. The van der Waals surface area contributed by atoms with Gasteiger partial charge in [-0.05, 0) is 79.3 Å². The zero-order valence-electron chi connectivity index (χ0n) is 26.2. The normalized spacial score (nSPS) is 17.4. The van der Waals surface area contributed by atoms with Crippen molar-refractivity contribution in [1.29, 1.82) is 0 Å². The Balaban J connectivity index is 0.00000157. The molecule has 0 fully saturated rings. The SMILES string of the molecule is C#C.CCC.CCc1cc(N(C)c2ccc(OCNC(=O)C3=C(C)/C=C/CC(C)/C=C\3)cc2)ccc1C(=O)C(C)C. The maximum atomic E-state index is 12.7. The van der Waals surface area contributed by atoms with Crippen molar-refractivity contribution >= 4 is 23.1 Å². The van der Waals surface area contributed by atoms with E-state index < -0.39 is 0 Å². The van der Waals surface area contributed by atoms with Crippen molar-refractivity contribution < 1.29 is 14.3 Å². The van der Waals surface area contributed by atoms with Gasteiger partial charge in [-0.15, -0.1) is 12.8 Å². The summed E-state index contributed by atoms with van der Waals surface area (Å²) >= 11 is 0. The number of carbonyl (C=O) groups is 2. The molecule has 0 saturated carbocycles. The lowest BCUT2D eigenvalue weighted by Gasteiger charge is -2.22. The third kappa shape index (κ3) is 10.8. The van der Waals surface area contributed by atoms with Crippen molar-refractivity contribution in [1.82, 2.24) is 5.32 Å². The fourth-order valence-electron chi connectivity index (χ4n) is 4.10. The van der Waals surface area contributed by atoms with Gasteiger partial charge in [-0.2, -0.15) is 0 Å². The van der Waals surface area contributed by atoms with Crippen molar-refractivity contribution in [3.8, 4) is 18.6 Å². The van der Waals surface area contributed by atoms with Gasteiger partial charge in [-0.25, -0.2) is 0 Å². The molecule has 0 bridgehead atoms. The number of allylic oxidation sites excluding steroid dienone is 4. The number of carbonyl (C=O) groups excluding carboxylic acids is 2. The molecule has 2 aromatic carbocycles. The maximum absolute atomic E-state index is 12.7. The van der Waals surface area contributed by atoms with Crippen molar-refractivity contribution in [2.45, 2.75) is 67.7 Å². The molecule has 1 amide bonds. The first-order valence-corrected chi connectivity index (χ1v) is 14.4. The number of anilines is 2. The minimum absolute atomic E-state index is 0.0225. The molecule has 1 aliphatic carbocycles. The van der Waals surface area contributed by atoms with Crippen molar-refractivity contribution in [3.63, 3.8) is 0 Å². The number of rotatable bonds is 9. The van der Waals surface area contributed by atoms with E-state index in [1.807, 2.05) is 76.4 Å². The summed E-state index contributed by atoms with van der Waals surface area (Å²) < 4.78 is 5.77. The van der Waals surface area contributed by atoms with Crippen LogP contribution in [0.3, 0.4) is 0 Å². The number of hydrogen-bond donors (Lipinski definition) is 1. The number of ketones is 1. The molecule has 0 spiro atoms. The monoisotopic (exact) mass is 556 g/mol. The van der Waals surface area contributed by atoms with Crippen LogP contribution in [0.4, 0.5) is 11.4 Å². The molecule has 5 nitrogen and oxygen atoms in total. The number of hydrogen-bond acceptors (Lipinski definition) is 4. The van der Waals surface area contributed by atoms with Crippen LogP contribution in [-0.2, 0) is 11.2 Å². The summed E-state index contributed by atoms with van der Waals surface area (Å²) in [5, 5.41) is 2.85. The highest BCUT2D eigenvalue weighted by molar-refractivity contribution is 5.99. The van der Waals surface area contributed by atoms with E-state index in [0.29, 0.717) is 17.2 Å². The second kappa shape index (κ2) is 18.3. The van der Waals surface area contributed by atoms with Crippen LogP contribution in [0.5, 0.6) is 5.75 Å². The molecule has 1 N–H and O–H groups in total. The lowest BCUT2D eigenvalue weighted by Crippen LogP contribution is -2.29. The average Bonchev–Trinajstić information content (AvgIpc) is 2.97. The molecule has 2 aromatic rings. The van der Waals surface area contributed by atoms with Gasteiger partial charge in [0.1, 0.15) is 5.75 Å². The second-order valence-corrected chi connectivity index (χ2v) is 10.3. The molecule has 220 valence electrons. The quantitative estimate of drug-likeness (QED) is 0.191. The number of benzene rings is 2. The van der Waals surface area contributed by atoms with Gasteiger partial charge in [0.25, 0.3) is 5.91 Å². The highest BCUT2D eigenvalue weighted by Crippen LogP contribution is 2.28. The van der Waals surface area contributed by atoms with Crippen molar-refractivity contribution in [2.24, 2.45) is 11.8 Å². The highest BCUT2D eigenvalue weighted by atomic mass is 16.5. The van der Waals surface area contributed by atoms with Gasteiger partial charge in [0.2, 0.25) is 0 Å². The second-order valence-electron chi connectivity index (χ2n) is 10.3. The molecular weight excluding hydrogens is 508 g/mol. The summed E-state index contributed by atoms with van der Waals surface area (Å²) in [6, 6.07) is 13.8. The summed E-state index contributed by atoms with van der Waals surface area (Å²) in [5.41, 5.74) is 5.48. The van der Waals surface area contributed by atoms with E-state index in [4.69, 9.17) is 4.74 Å². The predicted molar refractivity (Wildman–Crippen MR) is 174 cm³/mol. The topological polar surface area (TPSA) is 58.6 Å². The third-order valence-corrected chi connectivity index (χ3v) is 6.48. The minimum Gasteiger partial charge on any atom is -0.473 e. The van der Waals surface area contributed by atoms with E-state index in [0.717, 1.165) is 40.9 Å². The van der Waals surface area contributed by atoms with Crippen LogP contribution in [0.15, 0.2) is 77.9 Å². The lowest BCUT2D eigenvalue weighted by molar-refractivity contribution is -0.118. The van der Waals surface area contributed by atoms with E-state index in [2.05, 4.69) is 69.0 Å². The van der Waals surface area contributed by atoms with E-state index in [-0.39, 0.29) is 24.3 Å². The Kier molecular flexibility index (Phi) is 15.6. The number of nitrogens with zero attached hydrogens (tertiary/aromatic N) is 1. The minimum atomic E-state index is -0.148. The van der Waals surface area contributed by atoms with Crippen LogP contribution < -0.4 is 15.0 Å². The summed E-state index contributed by atoms with van der Waals surface area (Å²) in [5.74, 6) is 1.08. The number of terminal acetylenes is 1. The molecule has 0 saturated heterocycles. The van der Waals surface area contributed by atoms with E-state index in [1.165, 1.54) is 6.42 Å². The lowest BCUT2D eigenvalue weighted by atomic mass is 9.94. The van der Waals surface area contributed by atoms with Gasteiger partial charge in [0, 0.05) is 35.5 Å². The average molecular weight is 557 g/mol. The molecule has 5 heteroatoms. The fraction of sp³-hybridized carbons (Fsp3) is 0.389.